The van der Waals surface area contributed by atoms with Gasteiger partial charge in [-0.3, -0.25) is 0 Å². The van der Waals surface area contributed by atoms with Crippen molar-refractivity contribution in [1.82, 2.24) is 4.98 Å². The first-order valence-corrected chi connectivity index (χ1v) is 19.4. The molecule has 3 rings (SSSR count). The topological polar surface area (TPSA) is 70.0 Å². The molecule has 0 radical (unpaired) electrons. The zero-order valence-electron chi connectivity index (χ0n) is 27.3. The normalized spacial score (nSPS) is 14.6. The van der Waals surface area contributed by atoms with Crippen LogP contribution in [0.2, 0.25) is 16.6 Å². The number of thiazole rings is 1. The van der Waals surface area contributed by atoms with Gasteiger partial charge in [-0.25, -0.2) is 9.19 Å². The molecule has 0 aliphatic carbocycles. The van der Waals surface area contributed by atoms with Crippen molar-refractivity contribution >= 4 is 36.9 Å². The van der Waals surface area contributed by atoms with Crippen LogP contribution in [0, 0.1) is 6.92 Å². The number of nitrogens with zero attached hydrogens (tertiary/aromatic N) is 2. The van der Waals surface area contributed by atoms with Crippen LogP contribution >= 0.6 is 11.3 Å². The number of benzene rings is 2. The van der Waals surface area contributed by atoms with Gasteiger partial charge in [0.05, 0.1) is 42.0 Å². The number of ether oxygens (including phenoxy) is 2. The van der Waals surface area contributed by atoms with Crippen molar-refractivity contribution in [2.75, 3.05) is 13.7 Å². The average molecular weight is 643 g/mol. The van der Waals surface area contributed by atoms with Gasteiger partial charge in [0.15, 0.2) is 19.3 Å². The van der Waals surface area contributed by atoms with Crippen molar-refractivity contribution in [1.29, 1.82) is 0 Å². The molecule has 0 fully saturated rings. The molecule has 0 unspecified atom stereocenters. The van der Waals surface area contributed by atoms with E-state index in [-0.39, 0.29) is 12.0 Å². The van der Waals surface area contributed by atoms with E-state index in [2.05, 4.69) is 58.2 Å². The lowest BCUT2D eigenvalue weighted by Crippen LogP contribution is -2.49. The number of aryl methyl sites for hydroxylation is 1. The SMILES string of the molecule is COc1ccc(CO[C@H](CO[Si](C(C)C)(C(C)C)C(C)C)Cc2nc([C@@H](C)C/C=N/[S@](=O)c3ccc(C)cc3)cs2)cc1. The van der Waals surface area contributed by atoms with Gasteiger partial charge in [-0.15, -0.1) is 11.3 Å². The van der Waals surface area contributed by atoms with Crippen molar-refractivity contribution in [3.63, 3.8) is 0 Å². The highest BCUT2D eigenvalue weighted by Crippen LogP contribution is 2.42. The fourth-order valence-electron chi connectivity index (χ4n) is 5.78. The van der Waals surface area contributed by atoms with Crippen molar-refractivity contribution in [3.8, 4) is 5.75 Å². The first kappa shape index (κ1) is 35.3. The molecule has 0 spiro atoms. The van der Waals surface area contributed by atoms with E-state index in [0.717, 1.165) is 27.6 Å². The number of hydrogen-bond donors (Lipinski definition) is 0. The average Bonchev–Trinajstić information content (AvgIpc) is 3.44. The largest absolute Gasteiger partial charge is 0.497 e. The molecule has 1 aromatic heterocycles. The molecule has 9 heteroatoms. The molecule has 0 aliphatic heterocycles. The summed E-state index contributed by atoms with van der Waals surface area (Å²) in [7, 11) is -1.76. The van der Waals surface area contributed by atoms with Crippen molar-refractivity contribution in [2.45, 2.75) is 108 Å². The monoisotopic (exact) mass is 642 g/mol. The lowest BCUT2D eigenvalue weighted by atomic mass is 10.1. The molecular weight excluding hydrogens is 593 g/mol. The summed E-state index contributed by atoms with van der Waals surface area (Å²) in [5.74, 6) is 1.00. The van der Waals surface area contributed by atoms with E-state index in [9.17, 15) is 4.21 Å². The van der Waals surface area contributed by atoms with Crippen LogP contribution in [0.25, 0.3) is 0 Å². The zero-order chi connectivity index (χ0) is 31.6. The van der Waals surface area contributed by atoms with Gasteiger partial charge in [-0.1, -0.05) is 78.3 Å². The number of methoxy groups -OCH3 is 1. The van der Waals surface area contributed by atoms with Crippen molar-refractivity contribution in [3.05, 3.63) is 75.7 Å². The molecule has 0 bridgehead atoms. The minimum absolute atomic E-state index is 0.113. The first-order chi connectivity index (χ1) is 20.5. The molecule has 0 N–H and O–H groups in total. The van der Waals surface area contributed by atoms with Crippen LogP contribution in [0.4, 0.5) is 0 Å². The second kappa shape index (κ2) is 16.8. The van der Waals surface area contributed by atoms with Crippen LogP contribution < -0.4 is 4.74 Å². The van der Waals surface area contributed by atoms with Gasteiger partial charge in [-0.2, -0.15) is 4.40 Å². The first-order valence-electron chi connectivity index (χ1n) is 15.3. The molecule has 0 saturated heterocycles. The second-order valence-corrected chi connectivity index (χ2v) is 19.8. The Labute approximate surface area is 267 Å². The maximum absolute atomic E-state index is 12.5. The highest BCUT2D eigenvalue weighted by molar-refractivity contribution is 7.83. The Balaban J connectivity index is 1.69. The minimum atomic E-state index is -2.05. The third kappa shape index (κ3) is 9.91. The van der Waals surface area contributed by atoms with Crippen LogP contribution in [0.15, 0.2) is 63.2 Å². The Bertz CT molecular complexity index is 1280. The van der Waals surface area contributed by atoms with E-state index in [1.165, 1.54) is 0 Å². The van der Waals surface area contributed by atoms with Crippen LogP contribution in [-0.4, -0.2) is 43.5 Å². The van der Waals surface area contributed by atoms with Gasteiger partial charge in [0.2, 0.25) is 0 Å². The highest BCUT2D eigenvalue weighted by atomic mass is 32.2. The summed E-state index contributed by atoms with van der Waals surface area (Å²) >= 11 is 1.67. The molecule has 236 valence electrons. The van der Waals surface area contributed by atoms with E-state index in [1.807, 2.05) is 55.5 Å². The predicted octanol–water partition coefficient (Wildman–Crippen LogP) is 9.07. The lowest BCUT2D eigenvalue weighted by Gasteiger charge is -2.43. The van der Waals surface area contributed by atoms with Crippen molar-refractivity contribution in [2.24, 2.45) is 4.40 Å². The molecule has 3 aromatic rings. The standard InChI is InChI=1S/C34H50N2O4S2Si/c1-24(2)43(25(3)4,26(5)6)40-22-31(39-21-29-12-14-30(38-9)15-13-29)20-34-36-33(23-41-34)28(8)18-19-35-42(37)32-16-10-27(7)11-17-32/h10-17,19,23-26,28,31H,18,20-22H2,1-9H3/b35-19+/t28-,31-,42+/m0/s1. The summed E-state index contributed by atoms with van der Waals surface area (Å²) in [6, 6.07) is 15.7. The molecule has 1 heterocycles. The van der Waals surface area contributed by atoms with Crippen LogP contribution in [0.5, 0.6) is 5.75 Å². The summed E-state index contributed by atoms with van der Waals surface area (Å²) in [5.41, 5.74) is 4.77. The third-order valence-electron chi connectivity index (χ3n) is 8.20. The van der Waals surface area contributed by atoms with Gasteiger partial charge < -0.3 is 13.9 Å². The van der Waals surface area contributed by atoms with Crippen LogP contribution in [-0.2, 0) is 33.2 Å². The fourth-order valence-corrected chi connectivity index (χ4v) is 13.0. The number of aromatic nitrogens is 1. The summed E-state index contributed by atoms with van der Waals surface area (Å²) in [5, 5.41) is 3.16. The Hall–Kier alpha value is -2.17. The number of hydrogen-bond acceptors (Lipinski definition) is 6. The summed E-state index contributed by atoms with van der Waals surface area (Å²) in [6.07, 6.45) is 3.02. The van der Waals surface area contributed by atoms with E-state index >= 15 is 0 Å². The number of rotatable bonds is 17. The molecule has 6 nitrogen and oxygen atoms in total. The maximum Gasteiger partial charge on any atom is 0.200 e. The van der Waals surface area contributed by atoms with E-state index in [4.69, 9.17) is 18.9 Å². The van der Waals surface area contributed by atoms with E-state index in [0.29, 0.717) is 47.6 Å². The quantitative estimate of drug-likeness (QED) is 0.109. The zero-order valence-corrected chi connectivity index (χ0v) is 30.0. The Morgan fingerprint density at radius 1 is 0.953 bits per heavy atom. The molecule has 2 aromatic carbocycles. The Morgan fingerprint density at radius 3 is 2.16 bits per heavy atom. The van der Waals surface area contributed by atoms with Gasteiger partial charge in [-0.05, 0) is 59.8 Å². The molecule has 0 saturated carbocycles. The minimum Gasteiger partial charge on any atom is -0.497 e. The van der Waals surface area contributed by atoms with Gasteiger partial charge in [0.25, 0.3) is 0 Å². The Kier molecular flexibility index (Phi) is 13.8. The summed E-state index contributed by atoms with van der Waals surface area (Å²) in [4.78, 5) is 5.70. The van der Waals surface area contributed by atoms with E-state index in [1.54, 1.807) is 24.7 Å². The van der Waals surface area contributed by atoms with Crippen LogP contribution in [0.3, 0.4) is 0 Å². The third-order valence-corrected chi connectivity index (χ3v) is 16.2. The van der Waals surface area contributed by atoms with Gasteiger partial charge >= 0.3 is 0 Å². The van der Waals surface area contributed by atoms with Gasteiger partial charge in [0.1, 0.15) is 5.75 Å². The summed E-state index contributed by atoms with van der Waals surface area (Å²) < 4.78 is 35.6. The van der Waals surface area contributed by atoms with E-state index < -0.39 is 19.3 Å². The fraction of sp³-hybridized carbons (Fsp3) is 0.529. The molecule has 0 aliphatic rings. The molecule has 43 heavy (non-hydrogen) atoms. The predicted molar refractivity (Wildman–Crippen MR) is 184 cm³/mol. The highest BCUT2D eigenvalue weighted by Gasteiger charge is 2.45. The molecule has 3 atom stereocenters. The smallest absolute Gasteiger partial charge is 0.200 e. The molecule has 0 amide bonds. The van der Waals surface area contributed by atoms with Crippen LogP contribution in [0.1, 0.15) is 82.6 Å². The molecular formula is C34H50N2O4S2Si. The maximum atomic E-state index is 12.5. The van der Waals surface area contributed by atoms with Crippen molar-refractivity contribution < 1.29 is 18.1 Å². The van der Waals surface area contributed by atoms with Gasteiger partial charge in [0, 0.05) is 23.9 Å². The summed E-state index contributed by atoms with van der Waals surface area (Å²) in [6.45, 7) is 19.1. The Morgan fingerprint density at radius 2 is 1.58 bits per heavy atom. The lowest BCUT2D eigenvalue weighted by molar-refractivity contribution is 0.00548. The second-order valence-electron chi connectivity index (χ2n) is 12.3.